The molecule has 0 aliphatic heterocycles. The van der Waals surface area contributed by atoms with E-state index in [1.54, 1.807) is 0 Å². The van der Waals surface area contributed by atoms with E-state index in [1.807, 2.05) is 0 Å². The first kappa shape index (κ1) is 14.4. The van der Waals surface area contributed by atoms with E-state index in [4.69, 9.17) is 9.84 Å². The molecule has 6 nitrogen and oxygen atoms in total. The molecule has 0 radical (unpaired) electrons. The SMILES string of the molecule is C=C(C)C(=O)NCOC(=O)c1ccccc1C(=O)O. The summed E-state index contributed by atoms with van der Waals surface area (Å²) in [6.45, 7) is 4.58. The summed E-state index contributed by atoms with van der Waals surface area (Å²) in [4.78, 5) is 33.7. The van der Waals surface area contributed by atoms with Crippen molar-refractivity contribution in [1.29, 1.82) is 0 Å². The van der Waals surface area contributed by atoms with Crippen LogP contribution in [0.2, 0.25) is 0 Å². The van der Waals surface area contributed by atoms with Gasteiger partial charge in [-0.3, -0.25) is 4.79 Å². The maximum absolute atomic E-state index is 11.7. The first-order valence-electron chi connectivity index (χ1n) is 5.36. The first-order valence-corrected chi connectivity index (χ1v) is 5.36. The van der Waals surface area contributed by atoms with Gasteiger partial charge in [0.2, 0.25) is 5.91 Å². The maximum atomic E-state index is 11.7. The smallest absolute Gasteiger partial charge is 0.340 e. The average molecular weight is 263 g/mol. The summed E-state index contributed by atoms with van der Waals surface area (Å²) in [6.07, 6.45) is 0. The molecule has 1 aromatic rings. The van der Waals surface area contributed by atoms with Crippen molar-refractivity contribution in [2.24, 2.45) is 0 Å². The molecular formula is C13H13NO5. The van der Waals surface area contributed by atoms with Gasteiger partial charge in [0.25, 0.3) is 0 Å². The molecule has 19 heavy (non-hydrogen) atoms. The molecule has 0 bridgehead atoms. The molecule has 2 N–H and O–H groups in total. The Balaban J connectivity index is 2.67. The van der Waals surface area contributed by atoms with Gasteiger partial charge in [0.15, 0.2) is 6.73 Å². The first-order chi connectivity index (χ1) is 8.93. The number of amides is 1. The molecule has 0 aromatic heterocycles. The van der Waals surface area contributed by atoms with Gasteiger partial charge in [0, 0.05) is 5.57 Å². The van der Waals surface area contributed by atoms with E-state index in [0.717, 1.165) is 0 Å². The fourth-order valence-electron chi connectivity index (χ4n) is 1.24. The fourth-order valence-corrected chi connectivity index (χ4v) is 1.24. The number of benzene rings is 1. The molecule has 0 aliphatic rings. The minimum atomic E-state index is -1.22. The number of hydrogen-bond acceptors (Lipinski definition) is 4. The second-order valence-corrected chi connectivity index (χ2v) is 3.71. The van der Waals surface area contributed by atoms with Crippen molar-refractivity contribution in [2.75, 3.05) is 6.73 Å². The lowest BCUT2D eigenvalue weighted by molar-refractivity contribution is -0.118. The zero-order chi connectivity index (χ0) is 14.4. The number of hydrogen-bond donors (Lipinski definition) is 2. The number of carboxylic acid groups (broad SMARTS) is 1. The molecule has 6 heteroatoms. The van der Waals surface area contributed by atoms with Crippen LogP contribution in [0.1, 0.15) is 27.6 Å². The van der Waals surface area contributed by atoms with Crippen molar-refractivity contribution in [3.05, 3.63) is 47.5 Å². The summed E-state index contributed by atoms with van der Waals surface area (Å²) >= 11 is 0. The van der Waals surface area contributed by atoms with Gasteiger partial charge in [-0.05, 0) is 19.1 Å². The predicted octanol–water partition coefficient (Wildman–Crippen LogP) is 1.19. The van der Waals surface area contributed by atoms with Gasteiger partial charge in [0.1, 0.15) is 0 Å². The highest BCUT2D eigenvalue weighted by molar-refractivity contribution is 6.02. The molecule has 0 aliphatic carbocycles. The van der Waals surface area contributed by atoms with Gasteiger partial charge in [-0.2, -0.15) is 0 Å². The zero-order valence-electron chi connectivity index (χ0n) is 10.3. The number of carbonyl (C=O) groups is 3. The largest absolute Gasteiger partial charge is 0.478 e. The van der Waals surface area contributed by atoms with Crippen molar-refractivity contribution in [2.45, 2.75) is 6.92 Å². The van der Waals surface area contributed by atoms with Crippen molar-refractivity contribution < 1.29 is 24.2 Å². The summed E-state index contributed by atoms with van der Waals surface area (Å²) in [5.74, 6) is -2.49. The Labute approximate surface area is 109 Å². The molecule has 1 amide bonds. The predicted molar refractivity (Wildman–Crippen MR) is 66.6 cm³/mol. The highest BCUT2D eigenvalue weighted by Gasteiger charge is 2.16. The van der Waals surface area contributed by atoms with E-state index in [2.05, 4.69) is 11.9 Å². The van der Waals surface area contributed by atoms with Crippen molar-refractivity contribution in [1.82, 2.24) is 5.32 Å². The van der Waals surface area contributed by atoms with Crippen molar-refractivity contribution >= 4 is 17.8 Å². The van der Waals surface area contributed by atoms with E-state index in [1.165, 1.54) is 31.2 Å². The molecule has 0 saturated carbocycles. The third kappa shape index (κ3) is 3.95. The van der Waals surface area contributed by atoms with E-state index < -0.39 is 17.8 Å². The van der Waals surface area contributed by atoms with Gasteiger partial charge in [-0.1, -0.05) is 18.7 Å². The molecule has 0 fully saturated rings. The monoisotopic (exact) mass is 263 g/mol. The lowest BCUT2D eigenvalue weighted by Gasteiger charge is -2.08. The van der Waals surface area contributed by atoms with E-state index in [0.29, 0.717) is 0 Å². The van der Waals surface area contributed by atoms with Gasteiger partial charge < -0.3 is 15.2 Å². The number of ether oxygens (including phenoxy) is 1. The molecule has 0 heterocycles. The van der Waals surface area contributed by atoms with Crippen LogP contribution in [0.3, 0.4) is 0 Å². The van der Waals surface area contributed by atoms with E-state index in [9.17, 15) is 14.4 Å². The Morgan fingerprint density at radius 2 is 1.84 bits per heavy atom. The van der Waals surface area contributed by atoms with Gasteiger partial charge >= 0.3 is 11.9 Å². The molecule has 1 aromatic carbocycles. The highest BCUT2D eigenvalue weighted by Crippen LogP contribution is 2.10. The summed E-state index contributed by atoms with van der Waals surface area (Å²) < 4.78 is 4.76. The zero-order valence-corrected chi connectivity index (χ0v) is 10.3. The standard InChI is InChI=1S/C13H13NO5/c1-8(2)11(15)14-7-19-13(18)10-6-4-3-5-9(10)12(16)17/h3-6H,1,7H2,2H3,(H,14,15)(H,16,17). The fraction of sp³-hybridized carbons (Fsp3) is 0.154. The maximum Gasteiger partial charge on any atom is 0.340 e. The molecule has 0 spiro atoms. The molecule has 1 rings (SSSR count). The van der Waals surface area contributed by atoms with Crippen LogP contribution in [-0.2, 0) is 9.53 Å². The Hall–Kier alpha value is -2.63. The Morgan fingerprint density at radius 1 is 1.26 bits per heavy atom. The number of nitrogens with one attached hydrogen (secondary N) is 1. The topological polar surface area (TPSA) is 92.7 Å². The third-order valence-electron chi connectivity index (χ3n) is 2.20. The Kier molecular flexibility index (Phi) is 4.82. The Morgan fingerprint density at radius 3 is 2.37 bits per heavy atom. The van der Waals surface area contributed by atoms with Crippen LogP contribution in [0, 0.1) is 0 Å². The minimum absolute atomic E-state index is 0.0698. The second-order valence-electron chi connectivity index (χ2n) is 3.71. The lowest BCUT2D eigenvalue weighted by atomic mass is 10.1. The molecule has 0 saturated heterocycles. The van der Waals surface area contributed by atoms with E-state index in [-0.39, 0.29) is 23.4 Å². The highest BCUT2D eigenvalue weighted by atomic mass is 16.5. The summed E-state index contributed by atoms with van der Waals surface area (Å²) in [5, 5.41) is 11.2. The van der Waals surface area contributed by atoms with Crippen LogP contribution in [0.5, 0.6) is 0 Å². The van der Waals surface area contributed by atoms with Gasteiger partial charge in [0.05, 0.1) is 11.1 Å². The minimum Gasteiger partial charge on any atom is -0.478 e. The van der Waals surface area contributed by atoms with Crippen LogP contribution in [0.15, 0.2) is 36.4 Å². The lowest BCUT2D eigenvalue weighted by Crippen LogP contribution is -2.28. The normalized spacial score (nSPS) is 9.53. The molecular weight excluding hydrogens is 250 g/mol. The second kappa shape index (κ2) is 6.34. The summed E-state index contributed by atoms with van der Waals surface area (Å²) in [7, 11) is 0. The number of rotatable bonds is 5. The van der Waals surface area contributed by atoms with Crippen LogP contribution in [-0.4, -0.2) is 29.7 Å². The quantitative estimate of drug-likeness (QED) is 0.473. The third-order valence-corrected chi connectivity index (χ3v) is 2.20. The van der Waals surface area contributed by atoms with Crippen molar-refractivity contribution in [3.63, 3.8) is 0 Å². The molecule has 0 atom stereocenters. The number of esters is 1. The van der Waals surface area contributed by atoms with Gasteiger partial charge in [-0.25, -0.2) is 9.59 Å². The van der Waals surface area contributed by atoms with Crippen LogP contribution in [0.25, 0.3) is 0 Å². The molecule has 100 valence electrons. The Bertz CT molecular complexity index is 536. The number of aromatic carboxylic acids is 1. The van der Waals surface area contributed by atoms with E-state index >= 15 is 0 Å². The van der Waals surface area contributed by atoms with Crippen LogP contribution in [0.4, 0.5) is 0 Å². The van der Waals surface area contributed by atoms with Crippen molar-refractivity contribution in [3.8, 4) is 0 Å². The summed E-state index contributed by atoms with van der Waals surface area (Å²) in [5.41, 5.74) is 0.0558. The average Bonchev–Trinajstić information content (AvgIpc) is 2.38. The number of carbonyl (C=O) groups excluding carboxylic acids is 2. The summed E-state index contributed by atoms with van der Waals surface area (Å²) in [6, 6.07) is 5.66. The van der Waals surface area contributed by atoms with Crippen LogP contribution < -0.4 is 5.32 Å². The van der Waals surface area contributed by atoms with Crippen LogP contribution >= 0.6 is 0 Å². The number of carboxylic acids is 1. The van der Waals surface area contributed by atoms with Gasteiger partial charge in [-0.15, -0.1) is 0 Å². The molecule has 0 unspecified atom stereocenters.